The average Bonchev–Trinajstić information content (AvgIpc) is 2.28. The number of hydrogen-bond donors (Lipinski definition) is 1. The van der Waals surface area contributed by atoms with Crippen LogP contribution in [0.1, 0.15) is 24.9 Å². The maximum atomic E-state index is 13.0. The highest BCUT2D eigenvalue weighted by Crippen LogP contribution is 2.12. The molecule has 88 valence electrons. The molecule has 0 aromatic heterocycles. The van der Waals surface area contributed by atoms with Crippen LogP contribution in [0.4, 0.5) is 4.39 Å². The van der Waals surface area contributed by atoms with Crippen molar-refractivity contribution in [2.24, 2.45) is 0 Å². The Hall–Kier alpha value is -1.35. The van der Waals surface area contributed by atoms with Gasteiger partial charge in [-0.1, -0.05) is 18.7 Å². The zero-order chi connectivity index (χ0) is 11.8. The third-order valence-electron chi connectivity index (χ3n) is 2.36. The van der Waals surface area contributed by atoms with E-state index in [1.807, 2.05) is 13.0 Å². The number of rotatable bonds is 7. The number of ether oxygens (including phenoxy) is 1. The molecule has 0 aliphatic carbocycles. The van der Waals surface area contributed by atoms with Crippen molar-refractivity contribution in [1.82, 2.24) is 5.32 Å². The Kier molecular flexibility index (Phi) is 5.57. The molecule has 1 atom stereocenters. The molecule has 0 aliphatic rings. The summed E-state index contributed by atoms with van der Waals surface area (Å²) in [5.41, 5.74) is 0.963. The molecule has 1 N–H and O–H groups in total. The van der Waals surface area contributed by atoms with Gasteiger partial charge in [0.05, 0.1) is 12.9 Å². The molecule has 2 nitrogen and oxygen atoms in total. The third kappa shape index (κ3) is 4.45. The lowest BCUT2D eigenvalue weighted by Gasteiger charge is -2.14. The molecule has 1 unspecified atom stereocenters. The quantitative estimate of drug-likeness (QED) is 0.566. The molecule has 1 aromatic rings. The first-order valence-corrected chi connectivity index (χ1v) is 5.45. The zero-order valence-electron chi connectivity index (χ0n) is 9.58. The van der Waals surface area contributed by atoms with E-state index in [-0.39, 0.29) is 11.9 Å². The van der Waals surface area contributed by atoms with Gasteiger partial charge >= 0.3 is 0 Å². The van der Waals surface area contributed by atoms with Crippen molar-refractivity contribution in [3.63, 3.8) is 0 Å². The number of benzene rings is 1. The second kappa shape index (κ2) is 7.01. The molecule has 0 heterocycles. The lowest BCUT2D eigenvalue weighted by Crippen LogP contribution is -2.20. The Bertz CT molecular complexity index is 327. The highest BCUT2D eigenvalue weighted by atomic mass is 19.1. The van der Waals surface area contributed by atoms with Crippen molar-refractivity contribution in [2.75, 3.05) is 13.2 Å². The van der Waals surface area contributed by atoms with Crippen molar-refractivity contribution in [3.8, 4) is 0 Å². The number of halogens is 1. The molecule has 1 aromatic carbocycles. The Labute approximate surface area is 96.1 Å². The van der Waals surface area contributed by atoms with Gasteiger partial charge in [0, 0.05) is 6.04 Å². The Morgan fingerprint density at radius 3 is 3.06 bits per heavy atom. The smallest absolute Gasteiger partial charge is 0.123 e. The van der Waals surface area contributed by atoms with Crippen LogP contribution in [-0.4, -0.2) is 13.2 Å². The van der Waals surface area contributed by atoms with E-state index in [1.54, 1.807) is 12.1 Å². The van der Waals surface area contributed by atoms with Crippen molar-refractivity contribution in [1.29, 1.82) is 0 Å². The summed E-state index contributed by atoms with van der Waals surface area (Å²) in [7, 11) is 0. The summed E-state index contributed by atoms with van der Waals surface area (Å²) in [6, 6.07) is 6.80. The molecule has 0 aliphatic heterocycles. The molecule has 3 heteroatoms. The van der Waals surface area contributed by atoms with Crippen LogP contribution >= 0.6 is 0 Å². The van der Waals surface area contributed by atoms with Gasteiger partial charge in [0.1, 0.15) is 5.82 Å². The van der Waals surface area contributed by atoms with E-state index in [9.17, 15) is 4.39 Å². The Balaban J connectivity index is 2.29. The molecular formula is C13H18FNO. The fraction of sp³-hybridized carbons (Fsp3) is 0.385. The molecule has 0 spiro atoms. The molecule has 0 amide bonds. The van der Waals surface area contributed by atoms with Gasteiger partial charge in [-0.2, -0.15) is 0 Å². The minimum atomic E-state index is -0.193. The molecule has 0 radical (unpaired) electrons. The summed E-state index contributed by atoms with van der Waals surface area (Å²) in [6.45, 7) is 6.98. The first-order valence-electron chi connectivity index (χ1n) is 5.45. The molecule has 16 heavy (non-hydrogen) atoms. The van der Waals surface area contributed by atoms with Gasteiger partial charge in [0.2, 0.25) is 0 Å². The largest absolute Gasteiger partial charge is 0.502 e. The monoisotopic (exact) mass is 223 g/mol. The standard InChI is InChI=1S/C13H18FNO/c1-3-16-9-5-8-15-11(2)12-6-4-7-13(14)10-12/h3-4,6-7,10-11,15H,1,5,8-9H2,2H3. The highest BCUT2D eigenvalue weighted by Gasteiger charge is 2.04. The Morgan fingerprint density at radius 1 is 1.56 bits per heavy atom. The minimum Gasteiger partial charge on any atom is -0.502 e. The number of hydrogen-bond acceptors (Lipinski definition) is 2. The van der Waals surface area contributed by atoms with E-state index in [0.717, 1.165) is 18.5 Å². The predicted molar refractivity (Wildman–Crippen MR) is 63.6 cm³/mol. The summed E-state index contributed by atoms with van der Waals surface area (Å²) in [5, 5.41) is 3.30. The predicted octanol–water partition coefficient (Wildman–Crippen LogP) is 3.03. The first kappa shape index (κ1) is 12.7. The second-order valence-electron chi connectivity index (χ2n) is 3.62. The van der Waals surface area contributed by atoms with E-state index < -0.39 is 0 Å². The molecule has 0 fully saturated rings. The lowest BCUT2D eigenvalue weighted by atomic mass is 10.1. The summed E-state index contributed by atoms with van der Waals surface area (Å²) in [6.07, 6.45) is 2.35. The first-order chi connectivity index (χ1) is 7.74. The van der Waals surface area contributed by atoms with Crippen LogP contribution in [0.2, 0.25) is 0 Å². The molecule has 0 saturated heterocycles. The van der Waals surface area contributed by atoms with Gasteiger partial charge in [-0.25, -0.2) is 4.39 Å². The van der Waals surface area contributed by atoms with Gasteiger partial charge in [-0.15, -0.1) is 0 Å². The normalized spacial score (nSPS) is 12.1. The SMILES string of the molecule is C=COCCCNC(C)c1cccc(F)c1. The van der Waals surface area contributed by atoms with Gasteiger partial charge in [0.25, 0.3) is 0 Å². The summed E-state index contributed by atoms with van der Waals surface area (Å²) < 4.78 is 18.0. The van der Waals surface area contributed by atoms with Crippen molar-refractivity contribution < 1.29 is 9.13 Å². The van der Waals surface area contributed by atoms with Crippen molar-refractivity contribution in [2.45, 2.75) is 19.4 Å². The molecule has 0 saturated carbocycles. The number of nitrogens with one attached hydrogen (secondary N) is 1. The van der Waals surface area contributed by atoms with Crippen molar-refractivity contribution in [3.05, 3.63) is 48.5 Å². The summed E-state index contributed by atoms with van der Waals surface area (Å²) >= 11 is 0. The lowest BCUT2D eigenvalue weighted by molar-refractivity contribution is 0.243. The average molecular weight is 223 g/mol. The highest BCUT2D eigenvalue weighted by molar-refractivity contribution is 5.19. The van der Waals surface area contributed by atoms with Crippen LogP contribution in [0.3, 0.4) is 0 Å². The minimum absolute atomic E-state index is 0.152. The fourth-order valence-electron chi connectivity index (χ4n) is 1.45. The van der Waals surface area contributed by atoms with E-state index in [2.05, 4.69) is 11.9 Å². The van der Waals surface area contributed by atoms with Crippen LogP contribution in [-0.2, 0) is 4.74 Å². The van der Waals surface area contributed by atoms with Gasteiger partial charge < -0.3 is 10.1 Å². The zero-order valence-corrected chi connectivity index (χ0v) is 9.58. The maximum absolute atomic E-state index is 13.0. The Morgan fingerprint density at radius 2 is 2.38 bits per heavy atom. The van der Waals surface area contributed by atoms with E-state index in [0.29, 0.717) is 6.61 Å². The topological polar surface area (TPSA) is 21.3 Å². The second-order valence-corrected chi connectivity index (χ2v) is 3.62. The maximum Gasteiger partial charge on any atom is 0.123 e. The summed E-state index contributed by atoms with van der Waals surface area (Å²) in [5.74, 6) is -0.193. The molecule has 1 rings (SSSR count). The van der Waals surface area contributed by atoms with Crippen molar-refractivity contribution >= 4 is 0 Å². The van der Waals surface area contributed by atoms with Gasteiger partial charge in [-0.3, -0.25) is 0 Å². The molecule has 0 bridgehead atoms. The van der Waals surface area contributed by atoms with Crippen LogP contribution in [0.5, 0.6) is 0 Å². The van der Waals surface area contributed by atoms with E-state index in [1.165, 1.54) is 12.3 Å². The van der Waals surface area contributed by atoms with Crippen LogP contribution in [0, 0.1) is 5.82 Å². The van der Waals surface area contributed by atoms with Gasteiger partial charge in [-0.05, 0) is 37.6 Å². The third-order valence-corrected chi connectivity index (χ3v) is 2.36. The van der Waals surface area contributed by atoms with Crippen LogP contribution < -0.4 is 5.32 Å². The van der Waals surface area contributed by atoms with Crippen LogP contribution in [0.25, 0.3) is 0 Å². The van der Waals surface area contributed by atoms with E-state index >= 15 is 0 Å². The van der Waals surface area contributed by atoms with Crippen LogP contribution in [0.15, 0.2) is 37.1 Å². The fourth-order valence-corrected chi connectivity index (χ4v) is 1.45. The van der Waals surface area contributed by atoms with Gasteiger partial charge in [0.15, 0.2) is 0 Å². The molecular weight excluding hydrogens is 205 g/mol. The van der Waals surface area contributed by atoms with E-state index in [4.69, 9.17) is 4.74 Å². The summed E-state index contributed by atoms with van der Waals surface area (Å²) in [4.78, 5) is 0.